The molecule has 0 aliphatic carbocycles. The van der Waals surface area contributed by atoms with Crippen LogP contribution < -0.4 is 4.74 Å². The molecule has 0 unspecified atom stereocenters. The zero-order valence-electron chi connectivity index (χ0n) is 48.7. The number of aryl methyl sites for hydroxylation is 1. The summed E-state index contributed by atoms with van der Waals surface area (Å²) in [6.07, 6.45) is 0. The van der Waals surface area contributed by atoms with Crippen LogP contribution in [0, 0.1) is 19.1 Å². The van der Waals surface area contributed by atoms with Gasteiger partial charge >= 0.3 is 21.1 Å². The minimum absolute atomic E-state index is 0. The van der Waals surface area contributed by atoms with Crippen molar-refractivity contribution in [3.63, 3.8) is 0 Å². The summed E-state index contributed by atoms with van der Waals surface area (Å²) < 4.78 is 19.1. The zero-order chi connectivity index (χ0) is 56.8. The number of para-hydroxylation sites is 4. The third-order valence-electron chi connectivity index (χ3n) is 16.6. The topological polar surface area (TPSA) is 70.9 Å². The van der Waals surface area contributed by atoms with Crippen molar-refractivity contribution in [3.8, 4) is 67.9 Å². The van der Waals surface area contributed by atoms with Crippen molar-refractivity contribution in [1.29, 1.82) is 0 Å². The maximum Gasteiger partial charge on any atom is 2.00 e. The maximum absolute atomic E-state index is 7.20. The fourth-order valence-electron chi connectivity index (χ4n) is 12.5. The zero-order valence-corrected chi connectivity index (χ0v) is 50.9. The van der Waals surface area contributed by atoms with Crippen molar-refractivity contribution >= 4 is 65.7 Å². The number of fused-ring (bicyclic) bond motifs is 9. The molecule has 0 atom stereocenters. The number of aromatic nitrogens is 5. The van der Waals surface area contributed by atoms with Crippen LogP contribution in [0.4, 0.5) is 0 Å². The molecule has 84 heavy (non-hydrogen) atoms. The Hall–Kier alpha value is -8.90. The third-order valence-corrected chi connectivity index (χ3v) is 16.6. The molecule has 0 bridgehead atoms. The first-order valence-electron chi connectivity index (χ1n) is 29.1. The second-order valence-electron chi connectivity index (χ2n) is 23.3. The SMILES string of the molecule is Cc1nc2c(ccc3oc4c(-c5nc6ccccc6n5-c5c(C(C)C)cc(-c6ccccc6)cc5C(C)C)[c-]c(Oc5[c-]c(-c6nc7ccccc7n6-c6c(C(C)C)cc(-c7ccccc7)cc6C(C)C)ccc5)cc4c32)c2ccccc12.[Pt+2]. The van der Waals surface area contributed by atoms with E-state index in [1.165, 1.54) is 44.5 Å². The number of nitrogens with zero attached hydrogens (tertiary/aromatic N) is 5. The Bertz CT molecular complexity index is 4800. The third kappa shape index (κ3) is 9.21. The van der Waals surface area contributed by atoms with Crippen molar-refractivity contribution in [1.82, 2.24) is 24.1 Å². The van der Waals surface area contributed by atoms with Gasteiger partial charge in [0.15, 0.2) is 0 Å². The smallest absolute Gasteiger partial charge is 0.500 e. The number of hydrogen-bond acceptors (Lipinski definition) is 5. The van der Waals surface area contributed by atoms with E-state index >= 15 is 0 Å². The summed E-state index contributed by atoms with van der Waals surface area (Å²) in [5.41, 5.74) is 20.4. The molecule has 0 spiro atoms. The summed E-state index contributed by atoms with van der Waals surface area (Å²) in [7, 11) is 0. The molecule has 0 aliphatic rings. The van der Waals surface area contributed by atoms with E-state index in [1.54, 1.807) is 0 Å². The Balaban J connectivity index is 0.00000658. The van der Waals surface area contributed by atoms with E-state index < -0.39 is 0 Å². The fourth-order valence-corrected chi connectivity index (χ4v) is 12.5. The molecule has 14 aromatic rings. The fraction of sp³-hybridized carbons (Fsp3) is 0.171. The predicted octanol–water partition coefficient (Wildman–Crippen LogP) is 20.8. The average Bonchev–Trinajstić information content (AvgIpc) is 2.05. The van der Waals surface area contributed by atoms with Gasteiger partial charge in [-0.1, -0.05) is 188 Å². The minimum Gasteiger partial charge on any atom is -0.500 e. The number of ether oxygens (including phenoxy) is 1. The van der Waals surface area contributed by atoms with Gasteiger partial charge in [0.25, 0.3) is 0 Å². The van der Waals surface area contributed by atoms with Gasteiger partial charge in [-0.2, -0.15) is 0 Å². The van der Waals surface area contributed by atoms with Crippen LogP contribution in [0.1, 0.15) is 107 Å². The molecule has 8 heteroatoms. The molecular formula is C76H63N5O2Pt. The maximum atomic E-state index is 7.20. The molecule has 0 saturated carbocycles. The number of furan rings is 1. The summed E-state index contributed by atoms with van der Waals surface area (Å²) in [4.78, 5) is 16.4. The molecule has 0 aliphatic heterocycles. The molecule has 4 aromatic heterocycles. The van der Waals surface area contributed by atoms with Gasteiger partial charge in [-0.25, -0.2) is 0 Å². The van der Waals surface area contributed by atoms with Gasteiger partial charge in [0, 0.05) is 44.7 Å². The Morgan fingerprint density at radius 3 is 1.49 bits per heavy atom. The number of rotatable bonds is 12. The number of pyridine rings is 1. The Kier molecular flexibility index (Phi) is 14.0. The van der Waals surface area contributed by atoms with Crippen molar-refractivity contribution in [3.05, 3.63) is 234 Å². The van der Waals surface area contributed by atoms with Crippen LogP contribution in [-0.4, -0.2) is 24.1 Å². The first-order valence-corrected chi connectivity index (χ1v) is 29.1. The van der Waals surface area contributed by atoms with Crippen LogP contribution in [-0.2, 0) is 21.1 Å². The Labute approximate surface area is 504 Å². The molecule has 14 rings (SSSR count). The number of benzene rings is 10. The first kappa shape index (κ1) is 54.4. The average molecular weight is 1270 g/mol. The van der Waals surface area contributed by atoms with Crippen molar-refractivity contribution in [2.24, 2.45) is 0 Å². The molecule has 0 fully saturated rings. The van der Waals surface area contributed by atoms with E-state index in [2.05, 4.69) is 266 Å². The second-order valence-corrected chi connectivity index (χ2v) is 23.3. The van der Waals surface area contributed by atoms with Gasteiger partial charge in [-0.05, 0) is 147 Å². The Morgan fingerprint density at radius 1 is 0.429 bits per heavy atom. The molecule has 4 heterocycles. The van der Waals surface area contributed by atoms with E-state index in [0.29, 0.717) is 34.1 Å². The van der Waals surface area contributed by atoms with E-state index in [-0.39, 0.29) is 44.7 Å². The molecule has 0 amide bonds. The van der Waals surface area contributed by atoms with Gasteiger partial charge in [-0.3, -0.25) is 15.0 Å². The Morgan fingerprint density at radius 2 is 0.929 bits per heavy atom. The monoisotopic (exact) mass is 1270 g/mol. The van der Waals surface area contributed by atoms with Gasteiger partial charge in [0.05, 0.1) is 44.8 Å². The van der Waals surface area contributed by atoms with E-state index in [1.807, 2.05) is 12.1 Å². The molecule has 7 nitrogen and oxygen atoms in total. The quantitative estimate of drug-likeness (QED) is 0.0900. The normalized spacial score (nSPS) is 12.0. The van der Waals surface area contributed by atoms with E-state index in [4.69, 9.17) is 24.1 Å². The van der Waals surface area contributed by atoms with Crippen molar-refractivity contribution < 1.29 is 30.2 Å². The summed E-state index contributed by atoms with van der Waals surface area (Å²) in [5, 5.41) is 5.06. The number of imidazole rings is 2. The van der Waals surface area contributed by atoms with Gasteiger partial charge in [-0.15, -0.1) is 23.8 Å². The standard InChI is InChI=1S/C76H63N5O2.Pt/c1-44(2)59-38-52(49-23-12-10-13-24-49)39-60(45(3)4)72(59)80-67-33-20-18-31-65(67)78-75(80)51-27-22-28-54(37-51)82-55-42-63-70-69(36-35-58-57-30-17-16-29-56(57)48(9)77-71(58)70)83-74(63)64(43-55)76-79-66-32-19-21-34-68(66)81(76)73-61(46(5)6)40-53(41-62(73)47(7)8)50-25-14-11-15-26-50;/h10-36,38-42,44-47H,1-9H3;/q-2;+2. The van der Waals surface area contributed by atoms with Gasteiger partial charge < -0.3 is 18.3 Å². The summed E-state index contributed by atoms with van der Waals surface area (Å²) in [5.74, 6) is 3.23. The van der Waals surface area contributed by atoms with Crippen LogP contribution in [0.5, 0.6) is 11.5 Å². The van der Waals surface area contributed by atoms with Crippen molar-refractivity contribution in [2.45, 2.75) is 86.0 Å². The van der Waals surface area contributed by atoms with Crippen LogP contribution in [0.2, 0.25) is 0 Å². The summed E-state index contributed by atoms with van der Waals surface area (Å²) in [6.45, 7) is 20.4. The van der Waals surface area contributed by atoms with Crippen LogP contribution >= 0.6 is 0 Å². The van der Waals surface area contributed by atoms with Gasteiger partial charge in [0.2, 0.25) is 0 Å². The van der Waals surface area contributed by atoms with Gasteiger partial charge in [0.1, 0.15) is 5.58 Å². The molecule has 0 saturated heterocycles. The second kappa shape index (κ2) is 21.7. The van der Waals surface area contributed by atoms with E-state index in [0.717, 1.165) is 83.0 Å². The largest absolute Gasteiger partial charge is 2.00 e. The minimum atomic E-state index is 0. The first-order chi connectivity index (χ1) is 40.4. The van der Waals surface area contributed by atoms with Crippen molar-refractivity contribution in [2.75, 3.05) is 0 Å². The predicted molar refractivity (Wildman–Crippen MR) is 343 cm³/mol. The van der Waals surface area contributed by atoms with E-state index in [9.17, 15) is 0 Å². The molecule has 0 N–H and O–H groups in total. The van der Waals surface area contributed by atoms with Crippen LogP contribution in [0.25, 0.3) is 122 Å². The molecular weight excluding hydrogens is 1210 g/mol. The van der Waals surface area contributed by atoms with Crippen LogP contribution in [0.3, 0.4) is 0 Å². The summed E-state index contributed by atoms with van der Waals surface area (Å²) in [6, 6.07) is 76.2. The molecule has 0 radical (unpaired) electrons. The molecule has 414 valence electrons. The summed E-state index contributed by atoms with van der Waals surface area (Å²) >= 11 is 0. The van der Waals surface area contributed by atoms with Crippen LogP contribution in [0.15, 0.2) is 199 Å². The molecule has 10 aromatic carbocycles. The number of hydrogen-bond donors (Lipinski definition) is 0.